The number of benzene rings is 1. The van der Waals surface area contributed by atoms with Crippen molar-refractivity contribution in [1.82, 2.24) is 4.90 Å². The fraction of sp³-hybridized carbons (Fsp3) is 0.588. The standard InChI is InChI=1S/C30H36ClF2NO4.C2H6.C2H2/c1-17-10-21-22-13-24(32)23-12-20(35)8-9-27(23,2)30(22,33)25(36)14-28(21,3)29(17,26(37)38)16-34(4)15-18-6-5-7-19(31)11-18;2*1-2/h5-9,11-12,17,21-22,24-25,36H,10,13-16H2,1-4H3,(H,37,38);1-2H3;1-2H/t17-,21?,22+,24+,25+,27+,28+,29-,30+;;/m1../s1. The molecule has 0 amide bonds. The third-order valence-corrected chi connectivity index (χ3v) is 11.0. The number of carboxylic acid groups (broad SMARTS) is 1. The molecule has 3 fully saturated rings. The number of carbonyl (C=O) groups excluding carboxylic acids is 1. The van der Waals surface area contributed by atoms with Gasteiger partial charge in [0.2, 0.25) is 0 Å². The third-order valence-electron chi connectivity index (χ3n) is 10.7. The van der Waals surface area contributed by atoms with Crippen LogP contribution in [0.2, 0.25) is 5.02 Å². The molecule has 1 aromatic carbocycles. The molecule has 5 rings (SSSR count). The molecule has 9 atom stereocenters. The Morgan fingerprint density at radius 2 is 1.83 bits per heavy atom. The summed E-state index contributed by atoms with van der Waals surface area (Å²) in [5.74, 6) is -3.05. The first kappa shape index (κ1) is 34.0. The highest BCUT2D eigenvalue weighted by molar-refractivity contribution is 6.30. The Morgan fingerprint density at radius 1 is 1.19 bits per heavy atom. The van der Waals surface area contributed by atoms with Crippen molar-refractivity contribution in [2.45, 2.75) is 78.4 Å². The minimum atomic E-state index is -2.22. The van der Waals surface area contributed by atoms with Crippen molar-refractivity contribution in [3.05, 3.63) is 58.7 Å². The van der Waals surface area contributed by atoms with Crippen LogP contribution in [0.4, 0.5) is 8.78 Å². The number of hydrogen-bond donors (Lipinski definition) is 2. The van der Waals surface area contributed by atoms with E-state index >= 15 is 8.78 Å². The first-order chi connectivity index (χ1) is 19.7. The van der Waals surface area contributed by atoms with Crippen LogP contribution >= 0.6 is 11.6 Å². The average Bonchev–Trinajstić information content (AvgIpc) is 3.16. The summed E-state index contributed by atoms with van der Waals surface area (Å²) in [4.78, 5) is 27.2. The third kappa shape index (κ3) is 4.84. The van der Waals surface area contributed by atoms with Gasteiger partial charge in [-0.05, 0) is 85.9 Å². The number of allylic oxidation sites excluding steroid dienone is 4. The predicted octanol–water partition coefficient (Wildman–Crippen LogP) is 6.68. The zero-order chi connectivity index (χ0) is 31.8. The van der Waals surface area contributed by atoms with Crippen molar-refractivity contribution in [3.63, 3.8) is 0 Å². The second kappa shape index (κ2) is 12.2. The molecule has 230 valence electrons. The van der Waals surface area contributed by atoms with Crippen LogP contribution in [0, 0.1) is 46.8 Å². The molecule has 3 saturated carbocycles. The van der Waals surface area contributed by atoms with E-state index in [-0.39, 0.29) is 36.7 Å². The van der Waals surface area contributed by atoms with Gasteiger partial charge in [0.05, 0.1) is 11.5 Å². The highest BCUT2D eigenvalue weighted by Crippen LogP contribution is 2.73. The maximum atomic E-state index is 17.4. The van der Waals surface area contributed by atoms with E-state index in [0.29, 0.717) is 18.0 Å². The summed E-state index contributed by atoms with van der Waals surface area (Å²) in [6.45, 7) is 9.97. The zero-order valence-electron chi connectivity index (χ0n) is 25.4. The van der Waals surface area contributed by atoms with Crippen LogP contribution < -0.4 is 0 Å². The van der Waals surface area contributed by atoms with Gasteiger partial charge in [0.25, 0.3) is 0 Å². The van der Waals surface area contributed by atoms with Crippen molar-refractivity contribution < 1.29 is 28.6 Å². The average molecular weight is 604 g/mol. The van der Waals surface area contributed by atoms with Gasteiger partial charge in [0, 0.05) is 29.4 Å². The summed E-state index contributed by atoms with van der Waals surface area (Å²) in [6.07, 6.45) is 8.95. The van der Waals surface area contributed by atoms with Gasteiger partial charge in [-0.15, -0.1) is 12.8 Å². The fourth-order valence-corrected chi connectivity index (χ4v) is 9.15. The second-order valence-electron chi connectivity index (χ2n) is 12.6. The van der Waals surface area contributed by atoms with Crippen LogP contribution in [-0.2, 0) is 16.1 Å². The lowest BCUT2D eigenvalue weighted by Crippen LogP contribution is -2.70. The molecule has 4 aliphatic rings. The first-order valence-corrected chi connectivity index (χ1v) is 15.0. The van der Waals surface area contributed by atoms with Crippen LogP contribution in [0.25, 0.3) is 0 Å². The Hall–Kier alpha value is -2.53. The Balaban J connectivity index is 0.00000116. The molecule has 0 aliphatic heterocycles. The number of halogens is 3. The topological polar surface area (TPSA) is 77.8 Å². The number of aliphatic hydroxyl groups excluding tert-OH is 1. The lowest BCUT2D eigenvalue weighted by Gasteiger charge is -2.63. The number of aliphatic hydroxyl groups is 1. The second-order valence-corrected chi connectivity index (χ2v) is 13.0. The van der Waals surface area contributed by atoms with Gasteiger partial charge < -0.3 is 15.1 Å². The quantitative estimate of drug-likeness (QED) is 0.367. The molecular weight excluding hydrogens is 560 g/mol. The van der Waals surface area contributed by atoms with E-state index in [4.69, 9.17) is 11.6 Å². The molecule has 0 radical (unpaired) electrons. The minimum absolute atomic E-state index is 0.0616. The van der Waals surface area contributed by atoms with Crippen LogP contribution in [-0.4, -0.2) is 58.4 Å². The molecule has 0 saturated heterocycles. The van der Waals surface area contributed by atoms with Crippen molar-refractivity contribution in [1.29, 1.82) is 0 Å². The SMILES string of the molecule is C#C.CC.C[C@@H]1CC2[C@@H]3C[C@H](F)C4=CC(=O)C=C[C@]4(C)[C@@]3(F)[C@@H](O)C[C@]2(C)[C@@]1(CN(C)Cc1cccc(Cl)c1)C(=O)O. The highest BCUT2D eigenvalue weighted by Gasteiger charge is 2.77. The summed E-state index contributed by atoms with van der Waals surface area (Å²) < 4.78 is 33.1. The Morgan fingerprint density at radius 3 is 2.43 bits per heavy atom. The number of carboxylic acids is 1. The van der Waals surface area contributed by atoms with Crippen molar-refractivity contribution >= 4 is 23.4 Å². The number of alkyl halides is 2. The number of terminal acetylenes is 1. The van der Waals surface area contributed by atoms with E-state index in [0.717, 1.165) is 5.56 Å². The maximum Gasteiger partial charge on any atom is 0.311 e. The van der Waals surface area contributed by atoms with Crippen molar-refractivity contribution in [3.8, 4) is 12.8 Å². The Kier molecular flexibility index (Phi) is 9.89. The molecule has 1 aromatic rings. The van der Waals surface area contributed by atoms with Crippen LogP contribution in [0.5, 0.6) is 0 Å². The highest BCUT2D eigenvalue weighted by atomic mass is 35.5. The molecular formula is C34H44ClF2NO4. The number of hydrogen-bond acceptors (Lipinski definition) is 4. The number of carbonyl (C=O) groups is 2. The monoisotopic (exact) mass is 603 g/mol. The summed E-state index contributed by atoms with van der Waals surface area (Å²) in [7, 11) is 1.86. The van der Waals surface area contributed by atoms with E-state index in [2.05, 4.69) is 12.8 Å². The summed E-state index contributed by atoms with van der Waals surface area (Å²) in [5.41, 5.74) is -4.95. The summed E-state index contributed by atoms with van der Waals surface area (Å²) in [5, 5.41) is 23.0. The van der Waals surface area contributed by atoms with Gasteiger partial charge in [-0.1, -0.05) is 57.5 Å². The van der Waals surface area contributed by atoms with Gasteiger partial charge in [-0.25, -0.2) is 8.78 Å². The molecule has 0 spiro atoms. The Labute approximate surface area is 254 Å². The number of aliphatic carboxylic acids is 1. The molecule has 0 bridgehead atoms. The zero-order valence-corrected chi connectivity index (χ0v) is 26.2. The number of fused-ring (bicyclic) bond motifs is 5. The van der Waals surface area contributed by atoms with Gasteiger partial charge in [-0.2, -0.15) is 0 Å². The minimum Gasteiger partial charge on any atom is -0.481 e. The van der Waals surface area contributed by atoms with E-state index < -0.39 is 52.0 Å². The van der Waals surface area contributed by atoms with Crippen molar-refractivity contribution in [2.24, 2.45) is 34.0 Å². The molecule has 4 aliphatic carbocycles. The number of nitrogens with zero attached hydrogens (tertiary/aromatic N) is 1. The maximum absolute atomic E-state index is 17.4. The van der Waals surface area contributed by atoms with Crippen molar-refractivity contribution in [2.75, 3.05) is 13.6 Å². The van der Waals surface area contributed by atoms with Gasteiger partial charge >= 0.3 is 5.97 Å². The summed E-state index contributed by atoms with van der Waals surface area (Å²) in [6, 6.07) is 7.40. The van der Waals surface area contributed by atoms with E-state index in [1.165, 1.54) is 18.2 Å². The molecule has 1 unspecified atom stereocenters. The normalized spacial score (nSPS) is 39.9. The largest absolute Gasteiger partial charge is 0.481 e. The lowest BCUT2D eigenvalue weighted by atomic mass is 9.43. The molecule has 8 heteroatoms. The molecule has 5 nitrogen and oxygen atoms in total. The van der Waals surface area contributed by atoms with Gasteiger partial charge in [0.15, 0.2) is 11.5 Å². The number of rotatable bonds is 5. The smallest absolute Gasteiger partial charge is 0.311 e. The van der Waals surface area contributed by atoms with Crippen LogP contribution in [0.1, 0.15) is 59.4 Å². The van der Waals surface area contributed by atoms with Crippen LogP contribution in [0.15, 0.2) is 48.1 Å². The van der Waals surface area contributed by atoms with Crippen LogP contribution in [0.3, 0.4) is 0 Å². The molecule has 2 N–H and O–H groups in total. The summed E-state index contributed by atoms with van der Waals surface area (Å²) >= 11 is 6.15. The Bertz CT molecular complexity index is 1280. The lowest BCUT2D eigenvalue weighted by molar-refractivity contribution is -0.217. The van der Waals surface area contributed by atoms with Gasteiger partial charge in [-0.3, -0.25) is 9.59 Å². The molecule has 0 heterocycles. The molecule has 0 aromatic heterocycles. The van der Waals surface area contributed by atoms with Gasteiger partial charge in [0.1, 0.15) is 6.17 Å². The molecule has 42 heavy (non-hydrogen) atoms. The first-order valence-electron chi connectivity index (χ1n) is 14.7. The number of ketones is 1. The fourth-order valence-electron chi connectivity index (χ4n) is 8.93. The van der Waals surface area contributed by atoms with E-state index in [1.807, 2.05) is 57.8 Å². The van der Waals surface area contributed by atoms with E-state index in [1.54, 1.807) is 13.0 Å². The van der Waals surface area contributed by atoms with E-state index in [9.17, 15) is 19.8 Å². The predicted molar refractivity (Wildman–Crippen MR) is 162 cm³/mol.